The van der Waals surface area contributed by atoms with Crippen molar-refractivity contribution in [2.45, 2.75) is 34.6 Å². The molecule has 0 N–H and O–H groups in total. The molecule has 0 heterocycles. The molecule has 4 atom stereocenters. The molecule has 13 heavy (non-hydrogen) atoms. The van der Waals surface area contributed by atoms with Gasteiger partial charge >= 0.3 is 0 Å². The summed E-state index contributed by atoms with van der Waals surface area (Å²) in [6.45, 7) is 11.0. The number of fused-ring (bicyclic) bond motifs is 1. The van der Waals surface area contributed by atoms with Crippen LogP contribution in [0.3, 0.4) is 0 Å². The third-order valence-corrected chi connectivity index (χ3v) is 5.33. The van der Waals surface area contributed by atoms with Crippen LogP contribution in [0.15, 0.2) is 11.6 Å². The lowest BCUT2D eigenvalue weighted by atomic mass is 9.40. The zero-order valence-corrected chi connectivity index (χ0v) is 9.14. The van der Waals surface area contributed by atoms with Crippen molar-refractivity contribution in [2.24, 2.45) is 22.7 Å². The van der Waals surface area contributed by atoms with E-state index in [0.717, 1.165) is 0 Å². The Bertz CT molecular complexity index is 315. The second-order valence-electron chi connectivity index (χ2n) is 5.17. The van der Waals surface area contributed by atoms with Gasteiger partial charge in [-0.1, -0.05) is 33.3 Å². The zero-order valence-electron chi connectivity index (χ0n) is 9.14. The van der Waals surface area contributed by atoms with E-state index in [0.29, 0.717) is 17.6 Å². The van der Waals surface area contributed by atoms with Crippen molar-refractivity contribution in [3.63, 3.8) is 0 Å². The maximum Gasteiger partial charge on any atom is 0.162 e. The van der Waals surface area contributed by atoms with Gasteiger partial charge < -0.3 is 0 Å². The Balaban J connectivity index is 2.53. The fraction of sp³-hybridized carbons (Fsp3) is 0.750. The molecule has 2 aliphatic rings. The molecule has 1 saturated carbocycles. The Kier molecular flexibility index (Phi) is 1.43. The van der Waals surface area contributed by atoms with Gasteiger partial charge in [0, 0.05) is 10.8 Å². The van der Waals surface area contributed by atoms with Gasteiger partial charge in [0.05, 0.1) is 0 Å². The van der Waals surface area contributed by atoms with Crippen LogP contribution >= 0.6 is 0 Å². The van der Waals surface area contributed by atoms with E-state index < -0.39 is 0 Å². The highest BCUT2D eigenvalue weighted by Gasteiger charge is 2.69. The summed E-state index contributed by atoms with van der Waals surface area (Å²) in [4.78, 5) is 11.9. The number of carbonyl (C=O) groups is 1. The molecule has 0 aromatic heterocycles. The molecule has 1 heteroatoms. The number of hydrogen-bond donors (Lipinski definition) is 0. The standard InChI is InChI=1S/C12H18O/c1-7-6-10(13)12(5)9(3)8(2)11(7,12)4/h6,8-9H,1-5H3/t8-,9-,11+,12-/m0/s1. The Morgan fingerprint density at radius 2 is 1.62 bits per heavy atom. The molecule has 1 nitrogen and oxygen atoms in total. The molecule has 0 radical (unpaired) electrons. The molecular weight excluding hydrogens is 160 g/mol. The van der Waals surface area contributed by atoms with Crippen LogP contribution in [-0.4, -0.2) is 5.78 Å². The summed E-state index contributed by atoms with van der Waals surface area (Å²) in [5.41, 5.74) is 1.32. The van der Waals surface area contributed by atoms with Crippen LogP contribution in [0.5, 0.6) is 0 Å². The van der Waals surface area contributed by atoms with E-state index in [1.165, 1.54) is 5.57 Å². The normalized spacial score (nSPS) is 54.2. The first-order valence-corrected chi connectivity index (χ1v) is 5.10. The van der Waals surface area contributed by atoms with Crippen LogP contribution in [0, 0.1) is 22.7 Å². The quantitative estimate of drug-likeness (QED) is 0.557. The number of ketones is 1. The van der Waals surface area contributed by atoms with Crippen LogP contribution in [0.1, 0.15) is 34.6 Å². The van der Waals surface area contributed by atoms with Gasteiger partial charge in [-0.05, 0) is 24.8 Å². The van der Waals surface area contributed by atoms with Crippen molar-refractivity contribution in [3.05, 3.63) is 11.6 Å². The maximum absolute atomic E-state index is 11.9. The molecule has 0 aromatic rings. The average molecular weight is 178 g/mol. The van der Waals surface area contributed by atoms with Gasteiger partial charge in [0.15, 0.2) is 5.78 Å². The Labute approximate surface area is 80.2 Å². The SMILES string of the molecule is CC1=CC(=O)[C@]2(C)[C@@H](C)[C@H](C)[C@@]12C. The monoisotopic (exact) mass is 178 g/mol. The van der Waals surface area contributed by atoms with Crippen molar-refractivity contribution in [1.29, 1.82) is 0 Å². The summed E-state index contributed by atoms with van der Waals surface area (Å²) in [6, 6.07) is 0. The van der Waals surface area contributed by atoms with E-state index >= 15 is 0 Å². The van der Waals surface area contributed by atoms with E-state index in [4.69, 9.17) is 0 Å². The lowest BCUT2D eigenvalue weighted by Gasteiger charge is -2.62. The number of hydrogen-bond acceptors (Lipinski definition) is 1. The lowest BCUT2D eigenvalue weighted by molar-refractivity contribution is -0.163. The van der Waals surface area contributed by atoms with E-state index in [9.17, 15) is 4.79 Å². The summed E-state index contributed by atoms with van der Waals surface area (Å²) in [6.07, 6.45) is 1.86. The first-order chi connectivity index (χ1) is 5.86. The molecule has 0 saturated heterocycles. The first-order valence-electron chi connectivity index (χ1n) is 5.10. The number of carbonyl (C=O) groups excluding carboxylic acids is 1. The molecule has 1 fully saturated rings. The van der Waals surface area contributed by atoms with Crippen molar-refractivity contribution < 1.29 is 4.79 Å². The third-order valence-electron chi connectivity index (χ3n) is 5.33. The predicted molar refractivity (Wildman–Crippen MR) is 53.3 cm³/mol. The summed E-state index contributed by atoms with van der Waals surface area (Å²) >= 11 is 0. The second-order valence-corrected chi connectivity index (χ2v) is 5.17. The minimum Gasteiger partial charge on any atom is -0.294 e. The predicted octanol–water partition coefficient (Wildman–Crippen LogP) is 2.81. The summed E-state index contributed by atoms with van der Waals surface area (Å²) < 4.78 is 0. The molecule has 72 valence electrons. The van der Waals surface area contributed by atoms with Crippen molar-refractivity contribution >= 4 is 5.78 Å². The second kappa shape index (κ2) is 2.08. The van der Waals surface area contributed by atoms with Crippen LogP contribution < -0.4 is 0 Å². The Morgan fingerprint density at radius 3 is 2.08 bits per heavy atom. The molecule has 0 aromatic carbocycles. The van der Waals surface area contributed by atoms with Crippen LogP contribution in [0.25, 0.3) is 0 Å². The Morgan fingerprint density at radius 1 is 1.15 bits per heavy atom. The minimum atomic E-state index is -0.101. The van der Waals surface area contributed by atoms with Gasteiger partial charge in [0.2, 0.25) is 0 Å². The summed E-state index contributed by atoms with van der Waals surface area (Å²) in [5.74, 6) is 1.51. The van der Waals surface area contributed by atoms with E-state index in [2.05, 4.69) is 34.6 Å². The van der Waals surface area contributed by atoms with Gasteiger partial charge in [-0.2, -0.15) is 0 Å². The van der Waals surface area contributed by atoms with Gasteiger partial charge in [-0.3, -0.25) is 4.79 Å². The topological polar surface area (TPSA) is 17.1 Å². The first kappa shape index (κ1) is 8.98. The fourth-order valence-electron chi connectivity index (χ4n) is 3.60. The number of allylic oxidation sites excluding steroid dienone is 2. The summed E-state index contributed by atoms with van der Waals surface area (Å²) in [5, 5.41) is 0. The fourth-order valence-corrected chi connectivity index (χ4v) is 3.60. The Hall–Kier alpha value is -0.590. The minimum absolute atomic E-state index is 0.101. The van der Waals surface area contributed by atoms with Crippen LogP contribution in [-0.2, 0) is 4.79 Å². The average Bonchev–Trinajstić information content (AvgIpc) is 2.26. The van der Waals surface area contributed by atoms with Crippen LogP contribution in [0.4, 0.5) is 0 Å². The smallest absolute Gasteiger partial charge is 0.162 e. The molecule has 0 amide bonds. The van der Waals surface area contributed by atoms with Gasteiger partial charge in [-0.25, -0.2) is 0 Å². The number of rotatable bonds is 0. The summed E-state index contributed by atoms with van der Waals surface area (Å²) in [7, 11) is 0. The lowest BCUT2D eigenvalue weighted by Crippen LogP contribution is -2.61. The zero-order chi connectivity index (χ0) is 10.0. The molecule has 0 spiro atoms. The van der Waals surface area contributed by atoms with E-state index in [-0.39, 0.29) is 10.8 Å². The van der Waals surface area contributed by atoms with Crippen molar-refractivity contribution in [2.75, 3.05) is 0 Å². The molecule has 2 rings (SSSR count). The van der Waals surface area contributed by atoms with Crippen molar-refractivity contribution in [3.8, 4) is 0 Å². The molecule has 2 aliphatic carbocycles. The van der Waals surface area contributed by atoms with E-state index in [1.54, 1.807) is 0 Å². The van der Waals surface area contributed by atoms with Gasteiger partial charge in [-0.15, -0.1) is 0 Å². The van der Waals surface area contributed by atoms with Crippen molar-refractivity contribution in [1.82, 2.24) is 0 Å². The highest BCUT2D eigenvalue weighted by atomic mass is 16.1. The van der Waals surface area contributed by atoms with E-state index in [1.807, 2.05) is 6.08 Å². The molecule has 0 aliphatic heterocycles. The molecule has 0 unspecified atom stereocenters. The van der Waals surface area contributed by atoms with Gasteiger partial charge in [0.1, 0.15) is 0 Å². The maximum atomic E-state index is 11.9. The molecular formula is C12H18O. The largest absolute Gasteiger partial charge is 0.294 e. The third kappa shape index (κ3) is 0.619. The van der Waals surface area contributed by atoms with Crippen LogP contribution in [0.2, 0.25) is 0 Å². The highest BCUT2D eigenvalue weighted by molar-refractivity contribution is 6.01. The van der Waals surface area contributed by atoms with Gasteiger partial charge in [0.25, 0.3) is 0 Å². The molecule has 0 bridgehead atoms. The highest BCUT2D eigenvalue weighted by Crippen LogP contribution is 2.70.